The first kappa shape index (κ1) is 16.9. The van der Waals surface area contributed by atoms with Crippen LogP contribution in [0.4, 0.5) is 5.82 Å². The Bertz CT molecular complexity index is 776. The molecular weight excluding hydrogens is 324 g/mol. The van der Waals surface area contributed by atoms with Crippen molar-refractivity contribution in [3.63, 3.8) is 0 Å². The van der Waals surface area contributed by atoms with Crippen molar-refractivity contribution in [2.45, 2.75) is 20.0 Å². The summed E-state index contributed by atoms with van der Waals surface area (Å²) in [5, 5.41) is 3.28. The Morgan fingerprint density at radius 2 is 1.75 bits per heavy atom. The van der Waals surface area contributed by atoms with Crippen LogP contribution >= 0.6 is 0 Å². The highest BCUT2D eigenvalue weighted by Gasteiger charge is 2.21. The molecule has 2 heterocycles. The zero-order valence-corrected chi connectivity index (χ0v) is 14.6. The lowest BCUT2D eigenvalue weighted by atomic mass is 10.1. The van der Waals surface area contributed by atoms with Gasteiger partial charge < -0.3 is 5.32 Å². The van der Waals surface area contributed by atoms with E-state index in [-0.39, 0.29) is 11.5 Å². The lowest BCUT2D eigenvalue weighted by Crippen LogP contribution is -2.39. The molecule has 1 aliphatic rings. The normalized spacial score (nSPS) is 17.5. The predicted octanol–water partition coefficient (Wildman–Crippen LogP) is 1.63. The molecule has 1 aromatic heterocycles. The van der Waals surface area contributed by atoms with Gasteiger partial charge in [0, 0.05) is 32.4 Å². The van der Waals surface area contributed by atoms with Gasteiger partial charge >= 0.3 is 0 Å². The zero-order chi connectivity index (χ0) is 17.0. The number of rotatable bonds is 5. The first-order chi connectivity index (χ1) is 11.5. The van der Waals surface area contributed by atoms with E-state index in [1.807, 2.05) is 13.0 Å². The van der Waals surface area contributed by atoms with Gasteiger partial charge in [0.15, 0.2) is 9.84 Å². The summed E-state index contributed by atoms with van der Waals surface area (Å²) in [6.45, 7) is 4.62. The fourth-order valence-corrected chi connectivity index (χ4v) is 3.95. The number of nitrogens with zero attached hydrogens (tertiary/aromatic N) is 3. The van der Waals surface area contributed by atoms with Gasteiger partial charge in [0.05, 0.1) is 11.5 Å². The van der Waals surface area contributed by atoms with E-state index >= 15 is 0 Å². The van der Waals surface area contributed by atoms with Crippen molar-refractivity contribution < 1.29 is 8.42 Å². The first-order valence-electron chi connectivity index (χ1n) is 8.04. The molecule has 7 heteroatoms. The number of hydrogen-bond donors (Lipinski definition) is 1. The molecule has 6 nitrogen and oxygen atoms in total. The number of aromatic nitrogens is 2. The third-order valence-electron chi connectivity index (χ3n) is 4.12. The summed E-state index contributed by atoms with van der Waals surface area (Å²) in [4.78, 5) is 10.6. The minimum absolute atomic E-state index is 0.271. The van der Waals surface area contributed by atoms with Crippen LogP contribution in [0.3, 0.4) is 0 Å². The molecule has 0 amide bonds. The van der Waals surface area contributed by atoms with E-state index in [0.29, 0.717) is 19.6 Å². The highest BCUT2D eigenvalue weighted by atomic mass is 32.2. The van der Waals surface area contributed by atoms with Crippen molar-refractivity contribution in [1.82, 2.24) is 14.9 Å². The van der Waals surface area contributed by atoms with Gasteiger partial charge in [-0.15, -0.1) is 0 Å². The molecule has 0 unspecified atom stereocenters. The van der Waals surface area contributed by atoms with Crippen LogP contribution in [0.15, 0.2) is 36.5 Å². The van der Waals surface area contributed by atoms with Crippen molar-refractivity contribution in [3.8, 4) is 0 Å². The average molecular weight is 346 g/mol. The second kappa shape index (κ2) is 7.27. The SMILES string of the molecule is Cc1nccc(NCc2ccc(CN3CCS(=O)(=O)CC3)cc2)n1. The van der Waals surface area contributed by atoms with Crippen LogP contribution < -0.4 is 5.32 Å². The minimum Gasteiger partial charge on any atom is -0.366 e. The maximum atomic E-state index is 11.5. The van der Waals surface area contributed by atoms with Crippen molar-refractivity contribution in [2.75, 3.05) is 29.9 Å². The van der Waals surface area contributed by atoms with Gasteiger partial charge in [-0.05, 0) is 24.1 Å². The number of sulfone groups is 1. The van der Waals surface area contributed by atoms with Crippen molar-refractivity contribution in [3.05, 3.63) is 53.5 Å². The smallest absolute Gasteiger partial charge is 0.152 e. The Kier molecular flexibility index (Phi) is 5.11. The maximum absolute atomic E-state index is 11.5. The molecule has 0 bridgehead atoms. The monoisotopic (exact) mass is 346 g/mol. The second-order valence-electron chi connectivity index (χ2n) is 6.09. The number of nitrogens with one attached hydrogen (secondary N) is 1. The molecule has 1 aliphatic heterocycles. The van der Waals surface area contributed by atoms with Crippen LogP contribution in [0.2, 0.25) is 0 Å². The van der Waals surface area contributed by atoms with Crippen LogP contribution in [0.25, 0.3) is 0 Å². The Morgan fingerprint density at radius 3 is 2.42 bits per heavy atom. The molecule has 1 N–H and O–H groups in total. The summed E-state index contributed by atoms with van der Waals surface area (Å²) < 4.78 is 22.9. The highest BCUT2D eigenvalue weighted by Crippen LogP contribution is 2.12. The van der Waals surface area contributed by atoms with E-state index in [4.69, 9.17) is 0 Å². The van der Waals surface area contributed by atoms with E-state index in [0.717, 1.165) is 18.2 Å². The lowest BCUT2D eigenvalue weighted by molar-refractivity contribution is 0.287. The molecule has 3 rings (SSSR count). The molecule has 0 atom stereocenters. The summed E-state index contributed by atoms with van der Waals surface area (Å²) in [6, 6.07) is 10.2. The number of hydrogen-bond acceptors (Lipinski definition) is 6. The molecule has 1 saturated heterocycles. The van der Waals surface area contributed by atoms with Crippen LogP contribution in [0.5, 0.6) is 0 Å². The summed E-state index contributed by atoms with van der Waals surface area (Å²) in [6.07, 6.45) is 1.74. The minimum atomic E-state index is -2.81. The quantitative estimate of drug-likeness (QED) is 0.887. The maximum Gasteiger partial charge on any atom is 0.152 e. The van der Waals surface area contributed by atoms with Gasteiger partial charge in [0.25, 0.3) is 0 Å². The molecule has 0 aliphatic carbocycles. The topological polar surface area (TPSA) is 75.2 Å². The van der Waals surface area contributed by atoms with Crippen LogP contribution in [-0.2, 0) is 22.9 Å². The van der Waals surface area contributed by atoms with Gasteiger partial charge in [0.1, 0.15) is 11.6 Å². The fourth-order valence-electron chi connectivity index (χ4n) is 2.68. The number of anilines is 1. The zero-order valence-electron chi connectivity index (χ0n) is 13.8. The summed E-state index contributed by atoms with van der Waals surface area (Å²) >= 11 is 0. The molecule has 1 fully saturated rings. The number of aryl methyl sites for hydroxylation is 1. The van der Waals surface area contributed by atoms with Gasteiger partial charge in [-0.3, -0.25) is 4.90 Å². The van der Waals surface area contributed by atoms with E-state index in [1.165, 1.54) is 11.1 Å². The van der Waals surface area contributed by atoms with Crippen molar-refractivity contribution in [1.29, 1.82) is 0 Å². The fraction of sp³-hybridized carbons (Fsp3) is 0.412. The van der Waals surface area contributed by atoms with E-state index in [1.54, 1.807) is 6.20 Å². The third kappa shape index (κ3) is 4.75. The van der Waals surface area contributed by atoms with Crippen molar-refractivity contribution in [2.24, 2.45) is 0 Å². The molecule has 128 valence electrons. The van der Waals surface area contributed by atoms with Gasteiger partial charge in [-0.2, -0.15) is 0 Å². The predicted molar refractivity (Wildman–Crippen MR) is 94.5 cm³/mol. The first-order valence-corrected chi connectivity index (χ1v) is 9.86. The van der Waals surface area contributed by atoms with E-state index in [9.17, 15) is 8.42 Å². The summed E-state index contributed by atoms with van der Waals surface area (Å²) in [5.41, 5.74) is 2.38. The Balaban J connectivity index is 1.52. The summed E-state index contributed by atoms with van der Waals surface area (Å²) in [7, 11) is -2.81. The molecular formula is C17H22N4O2S. The molecule has 0 saturated carbocycles. The van der Waals surface area contributed by atoms with E-state index in [2.05, 4.69) is 44.5 Å². The van der Waals surface area contributed by atoms with Gasteiger partial charge in [-0.25, -0.2) is 18.4 Å². The Labute approximate surface area is 142 Å². The molecule has 0 spiro atoms. The molecule has 24 heavy (non-hydrogen) atoms. The average Bonchev–Trinajstić information content (AvgIpc) is 2.56. The standard InChI is InChI=1S/C17H22N4O2S/c1-14-18-7-6-17(20-14)19-12-15-2-4-16(5-3-15)13-21-8-10-24(22,23)11-9-21/h2-7H,8-13H2,1H3,(H,18,19,20). The van der Waals surface area contributed by atoms with Crippen LogP contribution in [0, 0.1) is 6.92 Å². The third-order valence-corrected chi connectivity index (χ3v) is 5.73. The second-order valence-corrected chi connectivity index (χ2v) is 8.39. The Morgan fingerprint density at radius 1 is 1.08 bits per heavy atom. The highest BCUT2D eigenvalue weighted by molar-refractivity contribution is 7.91. The Hall–Kier alpha value is -1.99. The van der Waals surface area contributed by atoms with Gasteiger partial charge in [-0.1, -0.05) is 24.3 Å². The summed E-state index contributed by atoms with van der Waals surface area (Å²) in [5.74, 6) is 2.11. The molecule has 1 aromatic carbocycles. The van der Waals surface area contributed by atoms with Gasteiger partial charge in [0.2, 0.25) is 0 Å². The lowest BCUT2D eigenvalue weighted by Gasteiger charge is -2.26. The number of benzene rings is 1. The van der Waals surface area contributed by atoms with Crippen molar-refractivity contribution >= 4 is 15.7 Å². The van der Waals surface area contributed by atoms with E-state index < -0.39 is 9.84 Å². The molecule has 0 radical (unpaired) electrons. The largest absolute Gasteiger partial charge is 0.366 e. The molecule has 2 aromatic rings. The van der Waals surface area contributed by atoms with Crippen LogP contribution in [0.1, 0.15) is 17.0 Å². The van der Waals surface area contributed by atoms with Crippen LogP contribution in [-0.4, -0.2) is 47.9 Å².